The number of anilines is 2. The normalized spacial score (nSPS) is 10.7. The van der Waals surface area contributed by atoms with E-state index in [0.717, 1.165) is 0 Å². The molecule has 0 fully saturated rings. The van der Waals surface area contributed by atoms with Crippen molar-refractivity contribution < 1.29 is 28.5 Å². The van der Waals surface area contributed by atoms with Gasteiger partial charge in [-0.05, 0) is 57.2 Å². The maximum Gasteiger partial charge on any atom is 0.414 e. The highest BCUT2D eigenvalue weighted by Crippen LogP contribution is 2.28. The number of amides is 2. The van der Waals surface area contributed by atoms with E-state index in [4.69, 9.17) is 18.9 Å². The number of nitriles is 2. The summed E-state index contributed by atoms with van der Waals surface area (Å²) in [5.41, 5.74) is 2.43. The van der Waals surface area contributed by atoms with Crippen molar-refractivity contribution in [3.63, 3.8) is 0 Å². The van der Waals surface area contributed by atoms with Crippen LogP contribution in [0, 0.1) is 22.7 Å². The molecule has 0 saturated heterocycles. The van der Waals surface area contributed by atoms with Crippen LogP contribution < -0.4 is 19.7 Å². The highest BCUT2D eigenvalue weighted by Gasteiger charge is 2.30. The van der Waals surface area contributed by atoms with Crippen molar-refractivity contribution in [2.45, 2.75) is 39.5 Å². The number of hydrogen-bond acceptors (Lipinski definition) is 9. The van der Waals surface area contributed by atoms with Gasteiger partial charge >= 0.3 is 6.09 Å². The van der Waals surface area contributed by atoms with Crippen molar-refractivity contribution in [3.05, 3.63) is 113 Å². The third-order valence-corrected chi connectivity index (χ3v) is 6.82. The van der Waals surface area contributed by atoms with E-state index in [9.17, 15) is 20.1 Å². The molecule has 2 amide bonds. The molecule has 11 nitrogen and oxygen atoms in total. The van der Waals surface area contributed by atoms with E-state index in [-0.39, 0.29) is 37.8 Å². The van der Waals surface area contributed by atoms with Crippen molar-refractivity contribution >= 4 is 23.5 Å². The molecular formula is C36H35N5O6. The summed E-state index contributed by atoms with van der Waals surface area (Å²) < 4.78 is 22.3. The van der Waals surface area contributed by atoms with Crippen LogP contribution >= 0.6 is 0 Å². The van der Waals surface area contributed by atoms with Crippen LogP contribution in [0.15, 0.2) is 85.1 Å². The van der Waals surface area contributed by atoms with Gasteiger partial charge in [-0.15, -0.1) is 0 Å². The Kier molecular flexibility index (Phi) is 11.5. The predicted molar refractivity (Wildman–Crippen MR) is 175 cm³/mol. The number of ether oxygens (including phenoxy) is 4. The smallest absolute Gasteiger partial charge is 0.414 e. The van der Waals surface area contributed by atoms with Crippen LogP contribution in [0.4, 0.5) is 16.3 Å². The van der Waals surface area contributed by atoms with Crippen molar-refractivity contribution in [1.82, 2.24) is 4.98 Å². The number of nitrogens with zero attached hydrogens (tertiary/aromatic N) is 4. The van der Waals surface area contributed by atoms with E-state index < -0.39 is 17.5 Å². The van der Waals surface area contributed by atoms with Crippen LogP contribution in [0.25, 0.3) is 0 Å². The molecular weight excluding hydrogens is 598 g/mol. The zero-order valence-electron chi connectivity index (χ0n) is 26.6. The van der Waals surface area contributed by atoms with Gasteiger partial charge < -0.3 is 24.3 Å². The largest absolute Gasteiger partial charge is 0.489 e. The molecule has 0 unspecified atom stereocenters. The summed E-state index contributed by atoms with van der Waals surface area (Å²) in [4.78, 5) is 32.1. The molecule has 0 radical (unpaired) electrons. The first-order valence-electron chi connectivity index (χ1n) is 14.7. The number of rotatable bonds is 12. The molecule has 4 rings (SSSR count). The third-order valence-electron chi connectivity index (χ3n) is 6.82. The van der Waals surface area contributed by atoms with E-state index in [2.05, 4.69) is 22.4 Å². The van der Waals surface area contributed by atoms with Crippen LogP contribution in [0.5, 0.6) is 11.5 Å². The molecule has 0 aliphatic rings. The fourth-order valence-electron chi connectivity index (χ4n) is 4.53. The van der Waals surface area contributed by atoms with E-state index >= 15 is 0 Å². The summed E-state index contributed by atoms with van der Waals surface area (Å²) in [5.74, 6) is 0.442. The lowest BCUT2D eigenvalue weighted by Crippen LogP contribution is -2.46. The summed E-state index contributed by atoms with van der Waals surface area (Å²) in [6, 6.07) is 26.5. The number of carbonyl (C=O) groups excluding carboxylic acids is 2. The number of aromatic nitrogens is 1. The van der Waals surface area contributed by atoms with E-state index in [1.165, 1.54) is 18.2 Å². The molecule has 1 N–H and O–H groups in total. The Hall–Kier alpha value is -5.91. The second-order valence-electron chi connectivity index (χ2n) is 11.3. The second-order valence-corrected chi connectivity index (χ2v) is 11.3. The van der Waals surface area contributed by atoms with Gasteiger partial charge in [-0.3, -0.25) is 9.69 Å². The molecule has 3 aromatic carbocycles. The quantitative estimate of drug-likeness (QED) is 0.170. The number of carbonyl (C=O) groups is 2. The minimum atomic E-state index is -0.616. The fraction of sp³-hybridized carbons (Fsp3) is 0.250. The molecule has 1 aromatic heterocycles. The minimum absolute atomic E-state index is 0.0900. The average Bonchev–Trinajstić information content (AvgIpc) is 3.07. The first-order valence-corrected chi connectivity index (χ1v) is 14.7. The lowest BCUT2D eigenvalue weighted by molar-refractivity contribution is 0.0999. The number of pyridine rings is 1. The topological polar surface area (TPSA) is 147 Å². The molecule has 1 heterocycles. The molecule has 0 bridgehead atoms. The monoisotopic (exact) mass is 633 g/mol. The zero-order valence-corrected chi connectivity index (χ0v) is 26.6. The molecule has 47 heavy (non-hydrogen) atoms. The maximum atomic E-state index is 13.5. The second kappa shape index (κ2) is 15.9. The molecule has 240 valence electrons. The van der Waals surface area contributed by atoms with Gasteiger partial charge in [0.05, 0.1) is 41.8 Å². The van der Waals surface area contributed by atoms with Gasteiger partial charge in [0.2, 0.25) is 0 Å². The van der Waals surface area contributed by atoms with Gasteiger partial charge in [-0.25, -0.2) is 9.78 Å². The number of methoxy groups -OCH3 is 1. The van der Waals surface area contributed by atoms with Crippen LogP contribution in [-0.4, -0.2) is 42.8 Å². The lowest BCUT2D eigenvalue weighted by Gasteiger charge is -2.34. The SMILES string of the molecule is COCCOC(=O)N(c1ccc(NC(=O)c2cc(OCc3ccccc3C#N)cc(OCc3ccccc3C#N)c2)nc1)C(C)(C)C. The zero-order chi connectivity index (χ0) is 33.8. The molecule has 0 spiro atoms. The maximum absolute atomic E-state index is 13.5. The number of hydrogen-bond donors (Lipinski definition) is 1. The van der Waals surface area contributed by atoms with Gasteiger partial charge in [0.15, 0.2) is 0 Å². The Bertz CT molecular complexity index is 1710. The Morgan fingerprint density at radius 3 is 1.89 bits per heavy atom. The Labute approximate surface area is 273 Å². The van der Waals surface area contributed by atoms with Gasteiger partial charge in [0.25, 0.3) is 5.91 Å². The fourth-order valence-corrected chi connectivity index (χ4v) is 4.53. The predicted octanol–water partition coefficient (Wildman–Crippen LogP) is 6.62. The van der Waals surface area contributed by atoms with Crippen LogP contribution in [0.1, 0.15) is 53.4 Å². The van der Waals surface area contributed by atoms with Gasteiger partial charge in [-0.2, -0.15) is 10.5 Å². The van der Waals surface area contributed by atoms with Crippen molar-refractivity contribution in [2.75, 3.05) is 30.5 Å². The average molecular weight is 634 g/mol. The highest BCUT2D eigenvalue weighted by molar-refractivity contribution is 6.04. The molecule has 0 atom stereocenters. The van der Waals surface area contributed by atoms with Gasteiger partial charge in [0.1, 0.15) is 37.1 Å². The lowest BCUT2D eigenvalue weighted by atomic mass is 10.1. The van der Waals surface area contributed by atoms with Crippen molar-refractivity contribution in [2.24, 2.45) is 0 Å². The van der Waals surface area contributed by atoms with E-state index in [0.29, 0.717) is 39.4 Å². The summed E-state index contributed by atoms with van der Waals surface area (Å²) >= 11 is 0. The molecule has 4 aromatic rings. The van der Waals surface area contributed by atoms with Crippen LogP contribution in [-0.2, 0) is 22.7 Å². The molecule has 0 aliphatic heterocycles. The highest BCUT2D eigenvalue weighted by atomic mass is 16.6. The third kappa shape index (κ3) is 9.30. The first-order chi connectivity index (χ1) is 22.6. The summed E-state index contributed by atoms with van der Waals surface area (Å²) in [5, 5.41) is 21.7. The standard InChI is InChI=1S/C36H35N5O6/c1-36(2,3)41(35(43)45-16-15-44-4)30-13-14-33(39-22-30)40-34(42)29-17-31(46-23-27-11-7-5-9-25(27)20-37)19-32(18-29)47-24-28-12-8-6-10-26(28)21-38/h5-14,17-19,22H,15-16,23-24H2,1-4H3,(H,39,40,42). The van der Waals surface area contributed by atoms with Gasteiger partial charge in [0, 0.05) is 35.4 Å². The molecule has 11 heteroatoms. The number of nitrogens with one attached hydrogen (secondary N) is 1. The first kappa shape index (κ1) is 34.0. The Balaban J connectivity index is 1.56. The van der Waals surface area contributed by atoms with Crippen LogP contribution in [0.3, 0.4) is 0 Å². The summed E-state index contributed by atoms with van der Waals surface area (Å²) in [7, 11) is 1.52. The summed E-state index contributed by atoms with van der Waals surface area (Å²) in [6.45, 7) is 6.16. The van der Waals surface area contributed by atoms with Crippen molar-refractivity contribution in [3.8, 4) is 23.6 Å². The summed E-state index contributed by atoms with van der Waals surface area (Å²) in [6.07, 6.45) is 0.929. The minimum Gasteiger partial charge on any atom is -0.489 e. The Morgan fingerprint density at radius 1 is 0.830 bits per heavy atom. The van der Waals surface area contributed by atoms with Crippen LogP contribution in [0.2, 0.25) is 0 Å². The van der Waals surface area contributed by atoms with Crippen molar-refractivity contribution in [1.29, 1.82) is 10.5 Å². The van der Waals surface area contributed by atoms with E-state index in [1.54, 1.807) is 66.7 Å². The number of benzene rings is 3. The van der Waals surface area contributed by atoms with E-state index in [1.807, 2.05) is 32.9 Å². The molecule has 0 aliphatic carbocycles. The van der Waals surface area contributed by atoms with Gasteiger partial charge in [-0.1, -0.05) is 36.4 Å². The molecule has 0 saturated carbocycles. The Morgan fingerprint density at radius 2 is 1.40 bits per heavy atom.